The lowest BCUT2D eigenvalue weighted by Gasteiger charge is -2.36. The average Bonchev–Trinajstić information content (AvgIpc) is 2.81. The van der Waals surface area contributed by atoms with Crippen molar-refractivity contribution in [1.29, 1.82) is 0 Å². The predicted octanol–water partition coefficient (Wildman–Crippen LogP) is 4.49. The summed E-state index contributed by atoms with van der Waals surface area (Å²) in [6.07, 6.45) is 3.19. The molecule has 4 rings (SSSR count). The smallest absolute Gasteiger partial charge is 0.319 e. The minimum atomic E-state index is -3.60. The van der Waals surface area contributed by atoms with Crippen LogP contribution in [0.3, 0.4) is 0 Å². The van der Waals surface area contributed by atoms with Crippen LogP contribution in [0.5, 0.6) is 0 Å². The molecular formula is C27H39N5O4S. The number of nitrogens with one attached hydrogen (secondary N) is 2. The minimum absolute atomic E-state index is 0.0902. The first-order chi connectivity index (χ1) is 17.3. The van der Waals surface area contributed by atoms with Gasteiger partial charge in [-0.15, -0.1) is 0 Å². The number of hydrogen-bond donors (Lipinski definition) is 2. The summed E-state index contributed by atoms with van der Waals surface area (Å²) in [6.45, 7) is 12.4. The van der Waals surface area contributed by atoms with Crippen LogP contribution in [0.25, 0.3) is 11.4 Å². The molecular weight excluding hydrogens is 490 g/mol. The standard InChI is InChI=1S/C27H39N5O4S/c1-18-17-36-15-14-32(18)23-16-22(27(5,6)37(34,35)26(2,3)4)30-24(31-23)19-10-12-21(13-11-19)29-25(33)28-20-8-7-9-20/h10-13,16,18,20H,7-9,14-15,17H2,1-6H3,(H2,28,29,33)/t18-/m0/s1. The summed E-state index contributed by atoms with van der Waals surface area (Å²) >= 11 is 0. The van der Waals surface area contributed by atoms with E-state index in [2.05, 4.69) is 22.5 Å². The molecule has 1 atom stereocenters. The minimum Gasteiger partial charge on any atom is -0.377 e. The van der Waals surface area contributed by atoms with Crippen LogP contribution in [0.4, 0.5) is 16.3 Å². The number of carbonyl (C=O) groups excluding carboxylic acids is 1. The van der Waals surface area contributed by atoms with Gasteiger partial charge in [-0.1, -0.05) is 0 Å². The third-order valence-corrected chi connectivity index (χ3v) is 10.5. The Morgan fingerprint density at radius 3 is 2.32 bits per heavy atom. The van der Waals surface area contributed by atoms with Crippen molar-refractivity contribution in [2.75, 3.05) is 30.0 Å². The van der Waals surface area contributed by atoms with E-state index < -0.39 is 19.3 Å². The number of morpholine rings is 1. The molecule has 1 aliphatic heterocycles. The van der Waals surface area contributed by atoms with E-state index in [0.717, 1.165) is 24.8 Å². The molecule has 9 nitrogen and oxygen atoms in total. The lowest BCUT2D eigenvalue weighted by Crippen LogP contribution is -2.45. The second-order valence-electron chi connectivity index (χ2n) is 11.5. The van der Waals surface area contributed by atoms with Gasteiger partial charge < -0.3 is 20.3 Å². The van der Waals surface area contributed by atoms with E-state index in [1.54, 1.807) is 52.8 Å². The maximum atomic E-state index is 13.6. The zero-order valence-corrected chi connectivity index (χ0v) is 23.5. The van der Waals surface area contributed by atoms with Crippen LogP contribution in [0.15, 0.2) is 30.3 Å². The predicted molar refractivity (Wildman–Crippen MR) is 147 cm³/mol. The van der Waals surface area contributed by atoms with E-state index in [0.29, 0.717) is 42.8 Å². The molecule has 2 amide bonds. The molecule has 0 radical (unpaired) electrons. The topological polar surface area (TPSA) is 114 Å². The van der Waals surface area contributed by atoms with Crippen molar-refractivity contribution in [3.05, 3.63) is 36.0 Å². The molecule has 0 unspecified atom stereocenters. The zero-order valence-electron chi connectivity index (χ0n) is 22.7. The Morgan fingerprint density at radius 1 is 1.08 bits per heavy atom. The Kier molecular flexibility index (Phi) is 7.54. The number of benzene rings is 1. The fourth-order valence-electron chi connectivity index (χ4n) is 4.60. The van der Waals surface area contributed by atoms with Crippen molar-refractivity contribution in [3.8, 4) is 11.4 Å². The number of nitrogens with zero attached hydrogens (tertiary/aromatic N) is 3. The largest absolute Gasteiger partial charge is 0.377 e. The van der Waals surface area contributed by atoms with Crippen molar-refractivity contribution in [3.63, 3.8) is 0 Å². The highest BCUT2D eigenvalue weighted by molar-refractivity contribution is 7.93. The highest BCUT2D eigenvalue weighted by Gasteiger charge is 2.46. The Bertz CT molecular complexity index is 1230. The lowest BCUT2D eigenvalue weighted by atomic mass is 9.93. The maximum absolute atomic E-state index is 13.6. The summed E-state index contributed by atoms with van der Waals surface area (Å²) in [5.74, 6) is 1.11. The summed E-state index contributed by atoms with van der Waals surface area (Å²) in [5, 5.41) is 5.83. The highest BCUT2D eigenvalue weighted by atomic mass is 32.2. The zero-order chi connectivity index (χ0) is 27.0. The molecule has 37 heavy (non-hydrogen) atoms. The fraction of sp³-hybridized carbons (Fsp3) is 0.593. The number of ether oxygens (including phenoxy) is 1. The maximum Gasteiger partial charge on any atom is 0.319 e. The molecule has 10 heteroatoms. The van der Waals surface area contributed by atoms with Crippen molar-refractivity contribution >= 4 is 27.4 Å². The molecule has 2 fully saturated rings. The molecule has 1 saturated heterocycles. The number of urea groups is 1. The van der Waals surface area contributed by atoms with Gasteiger partial charge in [0, 0.05) is 29.9 Å². The van der Waals surface area contributed by atoms with Crippen molar-refractivity contribution in [1.82, 2.24) is 15.3 Å². The monoisotopic (exact) mass is 529 g/mol. The van der Waals surface area contributed by atoms with Gasteiger partial charge in [-0.2, -0.15) is 0 Å². The first kappa shape index (κ1) is 27.3. The van der Waals surface area contributed by atoms with Crippen LogP contribution in [0, 0.1) is 0 Å². The van der Waals surface area contributed by atoms with Gasteiger partial charge in [0.15, 0.2) is 15.7 Å². The summed E-state index contributed by atoms with van der Waals surface area (Å²) in [4.78, 5) is 24.0. The van der Waals surface area contributed by atoms with E-state index >= 15 is 0 Å². The second kappa shape index (κ2) is 10.2. The normalized spacial score (nSPS) is 19.3. The summed E-state index contributed by atoms with van der Waals surface area (Å²) in [5.41, 5.74) is 1.84. The van der Waals surface area contributed by atoms with Gasteiger partial charge in [0.1, 0.15) is 10.6 Å². The molecule has 1 saturated carbocycles. The number of anilines is 2. The molecule has 0 spiro atoms. The first-order valence-electron chi connectivity index (χ1n) is 13.0. The van der Waals surface area contributed by atoms with Gasteiger partial charge in [0.2, 0.25) is 0 Å². The second-order valence-corrected chi connectivity index (χ2v) is 14.7. The van der Waals surface area contributed by atoms with Gasteiger partial charge in [-0.25, -0.2) is 23.2 Å². The van der Waals surface area contributed by atoms with Gasteiger partial charge in [-0.05, 0) is 85.1 Å². The number of sulfone groups is 1. The van der Waals surface area contributed by atoms with Gasteiger partial charge in [0.25, 0.3) is 0 Å². The van der Waals surface area contributed by atoms with E-state index in [4.69, 9.17) is 14.7 Å². The lowest BCUT2D eigenvalue weighted by molar-refractivity contribution is 0.0985. The number of carbonyl (C=O) groups is 1. The number of rotatable bonds is 6. The molecule has 2 aliphatic rings. The van der Waals surface area contributed by atoms with Gasteiger partial charge in [-0.3, -0.25) is 0 Å². The quantitative estimate of drug-likeness (QED) is 0.567. The average molecular weight is 530 g/mol. The van der Waals surface area contributed by atoms with Crippen LogP contribution in [-0.4, -0.2) is 61.0 Å². The van der Waals surface area contributed by atoms with Crippen LogP contribution in [0.2, 0.25) is 0 Å². The molecule has 0 bridgehead atoms. The Morgan fingerprint density at radius 2 is 1.76 bits per heavy atom. The van der Waals surface area contributed by atoms with Crippen molar-refractivity contribution in [2.45, 2.75) is 82.4 Å². The van der Waals surface area contributed by atoms with E-state index in [-0.39, 0.29) is 18.1 Å². The molecule has 2 heterocycles. The van der Waals surface area contributed by atoms with E-state index in [1.165, 1.54) is 0 Å². The third-order valence-electron chi connectivity index (χ3n) is 7.31. The molecule has 1 aromatic heterocycles. The van der Waals surface area contributed by atoms with Crippen LogP contribution in [0.1, 0.15) is 66.5 Å². The molecule has 1 aliphatic carbocycles. The fourth-order valence-corrected chi connectivity index (χ4v) is 6.51. The van der Waals surface area contributed by atoms with E-state index in [9.17, 15) is 13.2 Å². The highest BCUT2D eigenvalue weighted by Crippen LogP contribution is 2.38. The summed E-state index contributed by atoms with van der Waals surface area (Å²) < 4.78 is 30.6. The number of hydrogen-bond acceptors (Lipinski definition) is 7. The molecule has 2 aromatic rings. The van der Waals surface area contributed by atoms with Crippen molar-refractivity contribution < 1.29 is 17.9 Å². The first-order valence-corrected chi connectivity index (χ1v) is 14.4. The Hall–Kier alpha value is -2.72. The van der Waals surface area contributed by atoms with Gasteiger partial charge >= 0.3 is 6.03 Å². The summed E-state index contributed by atoms with van der Waals surface area (Å²) in [6, 6.07) is 9.23. The molecule has 202 valence electrons. The number of amides is 2. The van der Waals surface area contributed by atoms with Crippen LogP contribution in [-0.2, 0) is 19.3 Å². The Labute approximate surface area is 220 Å². The molecule has 2 N–H and O–H groups in total. The Balaban J connectivity index is 1.70. The SMILES string of the molecule is C[C@H]1COCCN1c1cc(C(C)(C)S(=O)(=O)C(C)(C)C)nc(-c2ccc(NC(=O)NC3CCC3)cc2)n1. The van der Waals surface area contributed by atoms with Gasteiger partial charge in [0.05, 0.1) is 29.7 Å². The molecule has 1 aromatic carbocycles. The number of aromatic nitrogens is 2. The van der Waals surface area contributed by atoms with Crippen LogP contribution < -0.4 is 15.5 Å². The van der Waals surface area contributed by atoms with Crippen LogP contribution >= 0.6 is 0 Å². The summed E-state index contributed by atoms with van der Waals surface area (Å²) in [7, 11) is -3.60. The van der Waals surface area contributed by atoms with Crippen molar-refractivity contribution in [2.24, 2.45) is 0 Å². The third kappa shape index (κ3) is 5.60. The van der Waals surface area contributed by atoms with E-state index in [1.807, 2.05) is 12.1 Å².